The van der Waals surface area contributed by atoms with E-state index < -0.39 is 41.4 Å². The van der Waals surface area contributed by atoms with Crippen molar-refractivity contribution >= 4 is 41.0 Å². The first kappa shape index (κ1) is 37.7. The van der Waals surface area contributed by atoms with Crippen molar-refractivity contribution in [3.05, 3.63) is 84.2 Å². The number of carboxylic acid groups (broad SMARTS) is 1. The molecule has 0 aliphatic carbocycles. The molecule has 260 valence electrons. The Morgan fingerprint density at radius 1 is 0.854 bits per heavy atom. The molecule has 0 aromatic heterocycles. The largest absolute Gasteiger partial charge is 0.480 e. The summed E-state index contributed by atoms with van der Waals surface area (Å²) < 4.78 is 9.93. The van der Waals surface area contributed by atoms with Gasteiger partial charge in [0.05, 0.1) is 25.0 Å². The summed E-state index contributed by atoms with van der Waals surface area (Å²) in [7, 11) is 0. The van der Waals surface area contributed by atoms with Crippen LogP contribution in [0.15, 0.2) is 73.1 Å². The van der Waals surface area contributed by atoms with E-state index in [-0.39, 0.29) is 26.2 Å². The number of likely N-dealkylation sites (tertiary alicyclic amines) is 1. The summed E-state index contributed by atoms with van der Waals surface area (Å²) in [5.74, 6) is -2.16. The molecular weight excluding hydrogens is 642 g/mol. The Balaban J connectivity index is 0.000000402. The molecule has 2 heterocycles. The molecule has 14 heteroatoms. The second-order valence-corrected chi connectivity index (χ2v) is 11.6. The number of carboxylic acids is 1. The van der Waals surface area contributed by atoms with E-state index in [1.165, 1.54) is 20.9 Å². The average molecular weight is 686 g/mol. The van der Waals surface area contributed by atoms with Crippen LogP contribution in [0.3, 0.4) is 0 Å². The summed E-state index contributed by atoms with van der Waals surface area (Å²) in [6, 6.07) is 18.1. The number of hydrogen-bond donors (Lipinski definition) is 3. The molecular formula is C34H44ClN5O8. The van der Waals surface area contributed by atoms with Crippen molar-refractivity contribution in [1.82, 2.24) is 20.0 Å². The van der Waals surface area contributed by atoms with Gasteiger partial charge >= 0.3 is 23.5 Å². The number of nitrogens with zero attached hydrogens (tertiary/aromatic N) is 3. The molecule has 0 saturated carbocycles. The summed E-state index contributed by atoms with van der Waals surface area (Å²) >= 11 is 5.00. The standard InChI is InChI=1S/C24H33N5O6.C10H11ClO2/c1-17(25)26-11-5-10-19-20(22(31)32)29(21(19)30)23(33)27-12-14-28(15-13-27)24(34)35-16-6-9-18-7-3-2-4-8-18;11-10(12)13-8-4-7-9-5-2-1-3-6-9/h2-4,7-8,19-20,26H,1,5-6,9-16,25H2,(H,31,32);1-3,5-6H,4,7-8H2/t19-,20?;/m1./s1. The number of imide groups is 1. The second kappa shape index (κ2) is 19.8. The lowest BCUT2D eigenvalue weighted by molar-refractivity contribution is -0.167. The van der Waals surface area contributed by atoms with Gasteiger partial charge in [0.25, 0.3) is 0 Å². The molecule has 1 unspecified atom stereocenters. The SMILES string of the molecule is C=C(N)NCCC[C@H]1C(=O)N(C(=O)N2CCN(C(=O)OCCCc3ccccc3)CC2)C1C(=O)O.O=C(Cl)OCCCc1ccccc1. The fourth-order valence-corrected chi connectivity index (χ4v) is 5.45. The van der Waals surface area contributed by atoms with Crippen LogP contribution in [0.25, 0.3) is 0 Å². The normalized spacial score (nSPS) is 16.9. The highest BCUT2D eigenvalue weighted by molar-refractivity contribution is 6.61. The highest BCUT2D eigenvalue weighted by atomic mass is 35.5. The Kier molecular flexibility index (Phi) is 15.5. The van der Waals surface area contributed by atoms with Crippen LogP contribution in [0, 0.1) is 5.92 Å². The van der Waals surface area contributed by atoms with Gasteiger partial charge in [0.2, 0.25) is 5.91 Å². The van der Waals surface area contributed by atoms with Crippen molar-refractivity contribution < 1.29 is 38.6 Å². The van der Waals surface area contributed by atoms with E-state index in [4.69, 9.17) is 22.1 Å². The quantitative estimate of drug-likeness (QED) is 0.149. The number of nitrogens with two attached hydrogens (primary N) is 1. The van der Waals surface area contributed by atoms with Crippen LogP contribution in [-0.4, -0.2) is 101 Å². The number of nitrogens with one attached hydrogen (secondary N) is 1. The van der Waals surface area contributed by atoms with E-state index in [9.17, 15) is 29.1 Å². The number of carbonyl (C=O) groups excluding carboxylic acids is 4. The minimum Gasteiger partial charge on any atom is -0.480 e. The number of β-lactam (4-membered cyclic amide) rings is 1. The van der Waals surface area contributed by atoms with Gasteiger partial charge in [0, 0.05) is 44.3 Å². The van der Waals surface area contributed by atoms with E-state index in [0.717, 1.165) is 24.2 Å². The highest BCUT2D eigenvalue weighted by Gasteiger charge is 2.55. The lowest BCUT2D eigenvalue weighted by atomic mass is 9.83. The molecule has 2 fully saturated rings. The third-order valence-electron chi connectivity index (χ3n) is 7.87. The summed E-state index contributed by atoms with van der Waals surface area (Å²) in [5, 5.41) is 12.4. The maximum absolute atomic E-state index is 12.9. The second-order valence-electron chi connectivity index (χ2n) is 11.3. The zero-order valence-corrected chi connectivity index (χ0v) is 27.7. The number of benzene rings is 2. The molecule has 0 radical (unpaired) electrons. The zero-order chi connectivity index (χ0) is 34.9. The number of amides is 4. The Labute approximate surface area is 285 Å². The number of aryl methyl sites for hydroxylation is 2. The molecule has 2 aliphatic heterocycles. The van der Waals surface area contributed by atoms with Gasteiger partial charge in [-0.3, -0.25) is 4.79 Å². The molecule has 48 heavy (non-hydrogen) atoms. The van der Waals surface area contributed by atoms with Crippen molar-refractivity contribution in [3.63, 3.8) is 0 Å². The first-order valence-electron chi connectivity index (χ1n) is 15.9. The minimum atomic E-state index is -1.21. The highest BCUT2D eigenvalue weighted by Crippen LogP contribution is 2.32. The van der Waals surface area contributed by atoms with Crippen LogP contribution < -0.4 is 11.1 Å². The van der Waals surface area contributed by atoms with Crippen LogP contribution in [0.1, 0.15) is 36.8 Å². The number of piperazine rings is 1. The minimum absolute atomic E-state index is 0.196. The molecule has 4 N–H and O–H groups in total. The molecule has 2 aliphatic rings. The summed E-state index contributed by atoms with van der Waals surface area (Å²) in [6.07, 6.45) is 3.63. The predicted octanol–water partition coefficient (Wildman–Crippen LogP) is 4.20. The summed E-state index contributed by atoms with van der Waals surface area (Å²) in [5.41, 5.74) is 7.12. The van der Waals surface area contributed by atoms with E-state index in [0.29, 0.717) is 44.8 Å². The fourth-order valence-electron chi connectivity index (χ4n) is 5.37. The number of urea groups is 1. The molecule has 2 atom stereocenters. The molecule has 0 spiro atoms. The Bertz CT molecular complexity index is 1370. The third-order valence-corrected chi connectivity index (χ3v) is 7.98. The predicted molar refractivity (Wildman–Crippen MR) is 179 cm³/mol. The summed E-state index contributed by atoms with van der Waals surface area (Å²) in [6.45, 7) is 5.55. The van der Waals surface area contributed by atoms with Crippen molar-refractivity contribution in [2.75, 3.05) is 45.9 Å². The fraction of sp³-hybridized carbons (Fsp3) is 0.441. The van der Waals surface area contributed by atoms with Gasteiger partial charge in [-0.15, -0.1) is 0 Å². The first-order chi connectivity index (χ1) is 23.1. The number of ether oxygens (including phenoxy) is 2. The zero-order valence-electron chi connectivity index (χ0n) is 26.9. The van der Waals surface area contributed by atoms with E-state index in [1.807, 2.05) is 60.7 Å². The average Bonchev–Trinajstić information content (AvgIpc) is 3.08. The van der Waals surface area contributed by atoms with Gasteiger partial charge in [-0.05, 0) is 49.7 Å². The van der Waals surface area contributed by atoms with Gasteiger partial charge in [-0.2, -0.15) is 0 Å². The van der Waals surface area contributed by atoms with E-state index >= 15 is 0 Å². The molecule has 4 rings (SSSR count). The third kappa shape index (κ3) is 12.1. The van der Waals surface area contributed by atoms with Crippen molar-refractivity contribution in [2.45, 2.75) is 44.6 Å². The Hall–Kier alpha value is -4.78. The Morgan fingerprint density at radius 2 is 1.38 bits per heavy atom. The van der Waals surface area contributed by atoms with Crippen LogP contribution in [0.5, 0.6) is 0 Å². The lowest BCUT2D eigenvalue weighted by Crippen LogP contribution is -2.69. The van der Waals surface area contributed by atoms with Gasteiger partial charge in [-0.1, -0.05) is 67.2 Å². The number of carbonyl (C=O) groups is 5. The van der Waals surface area contributed by atoms with Crippen LogP contribution >= 0.6 is 11.6 Å². The van der Waals surface area contributed by atoms with Crippen LogP contribution in [0.4, 0.5) is 14.4 Å². The van der Waals surface area contributed by atoms with Gasteiger partial charge in [0.15, 0.2) is 6.04 Å². The van der Waals surface area contributed by atoms with Gasteiger partial charge in [-0.25, -0.2) is 24.1 Å². The first-order valence-corrected chi connectivity index (χ1v) is 16.3. The maximum Gasteiger partial charge on any atom is 0.409 e. The molecule has 4 amide bonds. The van der Waals surface area contributed by atoms with Crippen molar-refractivity contribution in [3.8, 4) is 0 Å². The monoisotopic (exact) mass is 685 g/mol. The lowest BCUT2D eigenvalue weighted by Gasteiger charge is -2.46. The van der Waals surface area contributed by atoms with Gasteiger partial charge in [0.1, 0.15) is 0 Å². The molecule has 13 nitrogen and oxygen atoms in total. The summed E-state index contributed by atoms with van der Waals surface area (Å²) in [4.78, 5) is 63.5. The molecule has 2 aromatic carbocycles. The van der Waals surface area contributed by atoms with Crippen LogP contribution in [0.2, 0.25) is 0 Å². The maximum atomic E-state index is 12.9. The molecule has 0 bridgehead atoms. The van der Waals surface area contributed by atoms with Crippen molar-refractivity contribution in [2.24, 2.45) is 11.7 Å². The van der Waals surface area contributed by atoms with E-state index in [2.05, 4.69) is 16.6 Å². The topological polar surface area (TPSA) is 172 Å². The number of aliphatic carboxylic acids is 1. The molecule has 2 aromatic rings. The molecule has 2 saturated heterocycles. The number of halogens is 1. The number of rotatable bonds is 14. The van der Waals surface area contributed by atoms with Gasteiger partial charge < -0.3 is 35.4 Å². The van der Waals surface area contributed by atoms with Crippen molar-refractivity contribution in [1.29, 1.82) is 0 Å². The Morgan fingerprint density at radius 3 is 1.88 bits per heavy atom. The number of hydrogen-bond acceptors (Lipinski definition) is 9. The smallest absolute Gasteiger partial charge is 0.409 e. The van der Waals surface area contributed by atoms with E-state index in [1.54, 1.807) is 0 Å². The van der Waals surface area contributed by atoms with Crippen LogP contribution in [-0.2, 0) is 31.9 Å².